The number of ether oxygens (including phenoxy) is 1. The summed E-state index contributed by atoms with van der Waals surface area (Å²) < 4.78 is 6.88. The second-order valence-corrected chi connectivity index (χ2v) is 7.21. The molecular weight excluding hydrogens is 310 g/mol. The largest absolute Gasteiger partial charge is 0.365 e. The average Bonchev–Trinajstić information content (AvgIpc) is 3.28. The number of thiazole rings is 1. The molecule has 1 aliphatic carbocycles. The van der Waals surface area contributed by atoms with E-state index in [4.69, 9.17) is 9.72 Å². The average molecular weight is 331 g/mol. The highest BCUT2D eigenvalue weighted by Crippen LogP contribution is 2.32. The van der Waals surface area contributed by atoms with Gasteiger partial charge in [0.1, 0.15) is 0 Å². The molecule has 1 N–H and O–H groups in total. The van der Waals surface area contributed by atoms with Gasteiger partial charge in [0.05, 0.1) is 23.4 Å². The van der Waals surface area contributed by atoms with Crippen molar-refractivity contribution in [1.82, 2.24) is 10.3 Å². The number of fused-ring (bicyclic) bond motifs is 1. The van der Waals surface area contributed by atoms with Gasteiger partial charge in [0.2, 0.25) is 0 Å². The molecule has 5 nitrogen and oxygen atoms in total. The standard InChI is InChI=1S/C17H21N3O2S/c1-2-11-4-3-5-14-15(11)19-17(23-14)20-8-9-22-13(10-20)16(21)18-12-6-7-12/h3-5,12-13H,2,6-10H2,1H3,(H,18,21). The van der Waals surface area contributed by atoms with E-state index in [1.807, 2.05) is 0 Å². The molecule has 2 fully saturated rings. The van der Waals surface area contributed by atoms with Crippen LogP contribution in [0.3, 0.4) is 0 Å². The normalized spacial score (nSPS) is 21.6. The highest BCUT2D eigenvalue weighted by Gasteiger charge is 2.32. The van der Waals surface area contributed by atoms with Gasteiger partial charge in [-0.15, -0.1) is 0 Å². The molecule has 1 atom stereocenters. The molecule has 6 heteroatoms. The number of benzene rings is 1. The Morgan fingerprint density at radius 3 is 3.13 bits per heavy atom. The van der Waals surface area contributed by atoms with Crippen LogP contribution in [0.5, 0.6) is 0 Å². The number of nitrogens with one attached hydrogen (secondary N) is 1. The van der Waals surface area contributed by atoms with Gasteiger partial charge in [0.15, 0.2) is 11.2 Å². The number of carbonyl (C=O) groups is 1. The molecule has 1 aromatic carbocycles. The van der Waals surface area contributed by atoms with E-state index in [-0.39, 0.29) is 12.0 Å². The Kier molecular flexibility index (Phi) is 3.95. The van der Waals surface area contributed by atoms with E-state index < -0.39 is 0 Å². The Morgan fingerprint density at radius 1 is 1.48 bits per heavy atom. The molecule has 1 aliphatic heterocycles. The summed E-state index contributed by atoms with van der Waals surface area (Å²) in [5.41, 5.74) is 2.38. The van der Waals surface area contributed by atoms with E-state index in [1.54, 1.807) is 11.3 Å². The van der Waals surface area contributed by atoms with Gasteiger partial charge in [-0.2, -0.15) is 0 Å². The molecule has 1 saturated heterocycles. The molecule has 2 aromatic rings. The number of rotatable bonds is 4. The first-order valence-electron chi connectivity index (χ1n) is 8.30. The van der Waals surface area contributed by atoms with Gasteiger partial charge in [0, 0.05) is 12.6 Å². The SMILES string of the molecule is CCc1cccc2sc(N3CCOC(C(=O)NC4CC4)C3)nc12. The van der Waals surface area contributed by atoms with E-state index in [0.717, 1.165) is 36.5 Å². The lowest BCUT2D eigenvalue weighted by Gasteiger charge is -2.31. The minimum Gasteiger partial charge on any atom is -0.365 e. The fourth-order valence-electron chi connectivity index (χ4n) is 2.92. The predicted octanol–water partition coefficient (Wildman–Crippen LogP) is 2.34. The minimum atomic E-state index is -0.387. The van der Waals surface area contributed by atoms with Crippen molar-refractivity contribution in [3.63, 3.8) is 0 Å². The predicted molar refractivity (Wildman–Crippen MR) is 92.1 cm³/mol. The van der Waals surface area contributed by atoms with Crippen LogP contribution in [0, 0.1) is 0 Å². The van der Waals surface area contributed by atoms with Gasteiger partial charge in [-0.05, 0) is 30.9 Å². The van der Waals surface area contributed by atoms with E-state index in [0.29, 0.717) is 19.2 Å². The third-order valence-corrected chi connectivity index (χ3v) is 5.51. The Bertz CT molecular complexity index is 726. The molecule has 4 rings (SSSR count). The summed E-state index contributed by atoms with van der Waals surface area (Å²) in [4.78, 5) is 19.2. The van der Waals surface area contributed by atoms with Crippen LogP contribution in [0.4, 0.5) is 5.13 Å². The highest BCUT2D eigenvalue weighted by molar-refractivity contribution is 7.22. The van der Waals surface area contributed by atoms with Crippen molar-refractivity contribution in [1.29, 1.82) is 0 Å². The number of anilines is 1. The maximum absolute atomic E-state index is 12.2. The molecule has 0 radical (unpaired) electrons. The van der Waals surface area contributed by atoms with Gasteiger partial charge in [-0.1, -0.05) is 30.4 Å². The first kappa shape index (κ1) is 14.9. The van der Waals surface area contributed by atoms with E-state index in [9.17, 15) is 4.79 Å². The van der Waals surface area contributed by atoms with Crippen molar-refractivity contribution in [3.05, 3.63) is 23.8 Å². The summed E-state index contributed by atoms with van der Waals surface area (Å²) in [6.07, 6.45) is 2.79. The number of morpholine rings is 1. The van der Waals surface area contributed by atoms with E-state index >= 15 is 0 Å². The molecule has 2 aliphatic rings. The Hall–Kier alpha value is -1.66. The van der Waals surface area contributed by atoms with Crippen molar-refractivity contribution in [3.8, 4) is 0 Å². The first-order valence-corrected chi connectivity index (χ1v) is 9.11. The fourth-order valence-corrected chi connectivity index (χ4v) is 3.97. The van der Waals surface area contributed by atoms with Gasteiger partial charge in [-0.25, -0.2) is 4.98 Å². The number of amides is 1. The molecule has 23 heavy (non-hydrogen) atoms. The molecule has 122 valence electrons. The molecule has 2 heterocycles. The summed E-state index contributed by atoms with van der Waals surface area (Å²) in [5.74, 6) is 0.0209. The van der Waals surface area contributed by atoms with Crippen LogP contribution < -0.4 is 10.2 Å². The molecule has 1 aromatic heterocycles. The van der Waals surface area contributed by atoms with Crippen molar-refractivity contribution in [2.45, 2.75) is 38.3 Å². The van der Waals surface area contributed by atoms with E-state index in [2.05, 4.69) is 35.3 Å². The second-order valence-electron chi connectivity index (χ2n) is 6.20. The summed E-state index contributed by atoms with van der Waals surface area (Å²) in [6.45, 7) is 4.09. The smallest absolute Gasteiger partial charge is 0.251 e. The van der Waals surface area contributed by atoms with Crippen LogP contribution in [0.25, 0.3) is 10.2 Å². The number of aryl methyl sites for hydroxylation is 1. The molecule has 1 unspecified atom stereocenters. The first-order chi connectivity index (χ1) is 11.2. The van der Waals surface area contributed by atoms with Crippen LogP contribution in [-0.4, -0.2) is 42.7 Å². The second kappa shape index (κ2) is 6.09. The van der Waals surface area contributed by atoms with Gasteiger partial charge >= 0.3 is 0 Å². The minimum absolute atomic E-state index is 0.0209. The quantitative estimate of drug-likeness (QED) is 0.934. The Balaban J connectivity index is 1.53. The molecule has 0 spiro atoms. The van der Waals surface area contributed by atoms with Crippen LogP contribution in [0.15, 0.2) is 18.2 Å². The van der Waals surface area contributed by atoms with Crippen LogP contribution in [-0.2, 0) is 16.0 Å². The highest BCUT2D eigenvalue weighted by atomic mass is 32.1. The van der Waals surface area contributed by atoms with Crippen molar-refractivity contribution in [2.24, 2.45) is 0 Å². The lowest BCUT2D eigenvalue weighted by molar-refractivity contribution is -0.133. The lowest BCUT2D eigenvalue weighted by atomic mass is 10.1. The fraction of sp³-hybridized carbons (Fsp3) is 0.529. The zero-order chi connectivity index (χ0) is 15.8. The number of aromatic nitrogens is 1. The maximum Gasteiger partial charge on any atom is 0.251 e. The monoisotopic (exact) mass is 331 g/mol. The Morgan fingerprint density at radius 2 is 2.35 bits per heavy atom. The van der Waals surface area contributed by atoms with Gasteiger partial charge < -0.3 is 15.0 Å². The maximum atomic E-state index is 12.2. The van der Waals surface area contributed by atoms with Crippen LogP contribution >= 0.6 is 11.3 Å². The summed E-state index contributed by atoms with van der Waals surface area (Å²) in [6, 6.07) is 6.72. The summed E-state index contributed by atoms with van der Waals surface area (Å²) >= 11 is 1.70. The topological polar surface area (TPSA) is 54.5 Å². The third-order valence-electron chi connectivity index (χ3n) is 4.43. The number of para-hydroxylation sites is 1. The Labute approximate surface area is 139 Å². The number of hydrogen-bond donors (Lipinski definition) is 1. The van der Waals surface area contributed by atoms with Crippen molar-refractivity contribution in [2.75, 3.05) is 24.6 Å². The van der Waals surface area contributed by atoms with Gasteiger partial charge in [0.25, 0.3) is 5.91 Å². The third kappa shape index (κ3) is 3.05. The zero-order valence-electron chi connectivity index (χ0n) is 13.2. The summed E-state index contributed by atoms with van der Waals surface area (Å²) in [5, 5.41) is 4.03. The number of hydrogen-bond acceptors (Lipinski definition) is 5. The molecule has 1 amide bonds. The van der Waals surface area contributed by atoms with Crippen molar-refractivity contribution < 1.29 is 9.53 Å². The zero-order valence-corrected chi connectivity index (χ0v) is 14.1. The van der Waals surface area contributed by atoms with Crippen molar-refractivity contribution >= 4 is 32.6 Å². The van der Waals surface area contributed by atoms with E-state index in [1.165, 1.54) is 10.3 Å². The lowest BCUT2D eigenvalue weighted by Crippen LogP contribution is -2.50. The van der Waals surface area contributed by atoms with Gasteiger partial charge in [-0.3, -0.25) is 4.79 Å². The molecule has 0 bridgehead atoms. The molecule has 1 saturated carbocycles. The number of nitrogens with zero attached hydrogens (tertiary/aromatic N) is 2. The van der Waals surface area contributed by atoms with Crippen LogP contribution in [0.1, 0.15) is 25.3 Å². The summed E-state index contributed by atoms with van der Waals surface area (Å²) in [7, 11) is 0. The molecular formula is C17H21N3O2S. The number of carbonyl (C=O) groups excluding carboxylic acids is 1. The van der Waals surface area contributed by atoms with Crippen LogP contribution in [0.2, 0.25) is 0 Å².